The van der Waals surface area contributed by atoms with Gasteiger partial charge in [-0.3, -0.25) is 0 Å². The van der Waals surface area contributed by atoms with Crippen molar-refractivity contribution in [1.82, 2.24) is 0 Å². The lowest BCUT2D eigenvalue weighted by molar-refractivity contribution is 0.0526. The molecule has 2 aromatic carbocycles. The lowest BCUT2D eigenvalue weighted by Gasteiger charge is -2.09. The van der Waals surface area contributed by atoms with E-state index in [0.29, 0.717) is 17.9 Å². The molecule has 0 saturated heterocycles. The number of carbonyl (C=O) groups is 1. The van der Waals surface area contributed by atoms with Crippen molar-refractivity contribution in [3.05, 3.63) is 65.2 Å². The molecule has 0 amide bonds. The highest BCUT2D eigenvalue weighted by Gasteiger charge is 2.09. The number of hydrogen-bond donors (Lipinski definition) is 1. The molecule has 0 unspecified atom stereocenters. The summed E-state index contributed by atoms with van der Waals surface area (Å²) in [5, 5.41) is 2.91. The molecule has 21 heavy (non-hydrogen) atoms. The summed E-state index contributed by atoms with van der Waals surface area (Å²) in [7, 11) is 0. The molecule has 0 heterocycles. The predicted octanol–water partition coefficient (Wildman–Crippen LogP) is 3.75. The first-order chi connectivity index (χ1) is 10.1. The van der Waals surface area contributed by atoms with Crippen molar-refractivity contribution in [2.24, 2.45) is 0 Å². The number of anilines is 1. The average Bonchev–Trinajstić information content (AvgIpc) is 2.47. The number of halogens is 2. The van der Waals surface area contributed by atoms with Crippen molar-refractivity contribution in [2.75, 3.05) is 11.9 Å². The van der Waals surface area contributed by atoms with Crippen LogP contribution in [0.4, 0.5) is 14.5 Å². The second-order valence-electron chi connectivity index (χ2n) is 4.35. The predicted molar refractivity (Wildman–Crippen MR) is 76.1 cm³/mol. The quantitative estimate of drug-likeness (QED) is 0.853. The molecular weight excluding hydrogens is 276 g/mol. The first-order valence-corrected chi connectivity index (χ1v) is 6.55. The third-order valence-corrected chi connectivity index (χ3v) is 2.93. The van der Waals surface area contributed by atoms with Crippen molar-refractivity contribution >= 4 is 11.7 Å². The summed E-state index contributed by atoms with van der Waals surface area (Å²) >= 11 is 0. The number of rotatable bonds is 5. The number of esters is 1. The molecule has 0 radical (unpaired) electrons. The smallest absolute Gasteiger partial charge is 0.338 e. The molecule has 1 N–H and O–H groups in total. The maximum absolute atomic E-state index is 13.5. The van der Waals surface area contributed by atoms with Crippen molar-refractivity contribution in [3.8, 4) is 0 Å². The van der Waals surface area contributed by atoms with Gasteiger partial charge in [0.2, 0.25) is 0 Å². The summed E-state index contributed by atoms with van der Waals surface area (Å²) in [5.41, 5.74) is 1.07. The molecule has 110 valence electrons. The van der Waals surface area contributed by atoms with Gasteiger partial charge in [0, 0.05) is 17.8 Å². The second-order valence-corrected chi connectivity index (χ2v) is 4.35. The third kappa shape index (κ3) is 3.78. The Morgan fingerprint density at radius 1 is 1.10 bits per heavy atom. The molecule has 0 spiro atoms. The topological polar surface area (TPSA) is 38.3 Å². The van der Waals surface area contributed by atoms with Gasteiger partial charge < -0.3 is 10.1 Å². The Kier molecular flexibility index (Phi) is 4.87. The number of carbonyl (C=O) groups excluding carboxylic acids is 1. The van der Waals surface area contributed by atoms with Crippen LogP contribution < -0.4 is 5.32 Å². The van der Waals surface area contributed by atoms with Crippen molar-refractivity contribution in [3.63, 3.8) is 0 Å². The fourth-order valence-corrected chi connectivity index (χ4v) is 1.83. The van der Waals surface area contributed by atoms with Gasteiger partial charge in [-0.05, 0) is 43.3 Å². The van der Waals surface area contributed by atoms with E-state index >= 15 is 0 Å². The number of hydrogen-bond acceptors (Lipinski definition) is 3. The van der Waals surface area contributed by atoms with Gasteiger partial charge in [-0.15, -0.1) is 0 Å². The van der Waals surface area contributed by atoms with Crippen LogP contribution in [0, 0.1) is 11.6 Å². The third-order valence-electron chi connectivity index (χ3n) is 2.93. The van der Waals surface area contributed by atoms with Crippen LogP contribution in [0.5, 0.6) is 0 Å². The van der Waals surface area contributed by atoms with E-state index in [2.05, 4.69) is 5.32 Å². The molecule has 0 aliphatic rings. The Morgan fingerprint density at radius 2 is 1.71 bits per heavy atom. The zero-order valence-corrected chi connectivity index (χ0v) is 11.5. The Hall–Kier alpha value is -2.43. The fourth-order valence-electron chi connectivity index (χ4n) is 1.83. The van der Waals surface area contributed by atoms with Crippen LogP contribution in [0.25, 0.3) is 0 Å². The lowest BCUT2D eigenvalue weighted by atomic mass is 10.1. The minimum absolute atomic E-state index is 0.0213. The van der Waals surface area contributed by atoms with Crippen LogP contribution in [0.2, 0.25) is 0 Å². The minimum Gasteiger partial charge on any atom is -0.462 e. The van der Waals surface area contributed by atoms with Gasteiger partial charge in [-0.1, -0.05) is 6.07 Å². The van der Waals surface area contributed by atoms with Crippen LogP contribution in [-0.2, 0) is 11.3 Å². The van der Waals surface area contributed by atoms with Crippen molar-refractivity contribution in [2.45, 2.75) is 13.5 Å². The van der Waals surface area contributed by atoms with Crippen molar-refractivity contribution in [1.29, 1.82) is 0 Å². The number of nitrogens with one attached hydrogen (secondary N) is 1. The summed E-state index contributed by atoms with van der Waals surface area (Å²) in [6, 6.07) is 10.3. The Morgan fingerprint density at radius 3 is 2.29 bits per heavy atom. The fraction of sp³-hybridized carbons (Fsp3) is 0.188. The summed E-state index contributed by atoms with van der Waals surface area (Å²) < 4.78 is 31.8. The van der Waals surface area contributed by atoms with E-state index in [9.17, 15) is 13.6 Å². The molecule has 0 aliphatic carbocycles. The van der Waals surface area contributed by atoms with Crippen molar-refractivity contribution < 1.29 is 18.3 Å². The molecule has 0 aliphatic heterocycles. The molecule has 5 heteroatoms. The van der Waals surface area contributed by atoms with Crippen LogP contribution in [0.15, 0.2) is 42.5 Å². The highest BCUT2D eigenvalue weighted by molar-refractivity contribution is 5.89. The standard InChI is InChI=1S/C16H15F2NO2/c1-2-21-16(20)11-6-8-12(9-7-11)19-10-13-14(17)4-3-5-15(13)18/h3-9,19H,2,10H2,1H3. The van der Waals surface area contributed by atoms with Gasteiger partial charge in [0.1, 0.15) is 11.6 Å². The molecule has 0 saturated carbocycles. The van der Waals surface area contributed by atoms with Gasteiger partial charge in [-0.25, -0.2) is 13.6 Å². The summed E-state index contributed by atoms with van der Waals surface area (Å²) in [6.45, 7) is 2.07. The maximum Gasteiger partial charge on any atom is 0.338 e. The highest BCUT2D eigenvalue weighted by atomic mass is 19.1. The Bertz CT molecular complexity index is 606. The van der Waals surface area contributed by atoms with E-state index in [4.69, 9.17) is 4.74 Å². The Labute approximate surface area is 121 Å². The van der Waals surface area contributed by atoms with Gasteiger partial charge in [-0.2, -0.15) is 0 Å². The minimum atomic E-state index is -0.592. The van der Waals surface area contributed by atoms with E-state index in [1.54, 1.807) is 31.2 Å². The van der Waals surface area contributed by atoms with Gasteiger partial charge in [0.25, 0.3) is 0 Å². The van der Waals surface area contributed by atoms with E-state index in [0.717, 1.165) is 0 Å². The van der Waals surface area contributed by atoms with E-state index in [-0.39, 0.29) is 12.1 Å². The second kappa shape index (κ2) is 6.83. The molecule has 3 nitrogen and oxygen atoms in total. The molecule has 0 bridgehead atoms. The molecule has 0 fully saturated rings. The summed E-state index contributed by atoms with van der Waals surface area (Å²) in [4.78, 5) is 11.5. The largest absolute Gasteiger partial charge is 0.462 e. The average molecular weight is 291 g/mol. The van der Waals surface area contributed by atoms with E-state index in [1.165, 1.54) is 18.2 Å². The van der Waals surface area contributed by atoms with Crippen LogP contribution >= 0.6 is 0 Å². The van der Waals surface area contributed by atoms with E-state index in [1.807, 2.05) is 0 Å². The Balaban J connectivity index is 2.03. The van der Waals surface area contributed by atoms with Crippen LogP contribution in [0.3, 0.4) is 0 Å². The first kappa shape index (κ1) is 15.0. The van der Waals surface area contributed by atoms with Gasteiger partial charge in [0.05, 0.1) is 12.2 Å². The summed E-state index contributed by atoms with van der Waals surface area (Å²) in [6.07, 6.45) is 0. The van der Waals surface area contributed by atoms with Gasteiger partial charge in [0.15, 0.2) is 0 Å². The SMILES string of the molecule is CCOC(=O)c1ccc(NCc2c(F)cccc2F)cc1. The molecule has 2 aromatic rings. The maximum atomic E-state index is 13.5. The van der Waals surface area contributed by atoms with Crippen LogP contribution in [-0.4, -0.2) is 12.6 Å². The summed E-state index contributed by atoms with van der Waals surface area (Å²) in [5.74, 6) is -1.58. The van der Waals surface area contributed by atoms with E-state index < -0.39 is 17.6 Å². The highest BCUT2D eigenvalue weighted by Crippen LogP contribution is 2.16. The molecule has 0 atom stereocenters. The normalized spacial score (nSPS) is 10.2. The number of benzene rings is 2. The van der Waals surface area contributed by atoms with Gasteiger partial charge >= 0.3 is 5.97 Å². The molecule has 0 aromatic heterocycles. The van der Waals surface area contributed by atoms with Crippen LogP contribution in [0.1, 0.15) is 22.8 Å². The molecule has 2 rings (SSSR count). The monoisotopic (exact) mass is 291 g/mol. The zero-order valence-electron chi connectivity index (χ0n) is 11.5. The lowest BCUT2D eigenvalue weighted by Crippen LogP contribution is -2.06. The first-order valence-electron chi connectivity index (χ1n) is 6.55. The molecular formula is C16H15F2NO2. The zero-order chi connectivity index (χ0) is 15.2. The number of ether oxygens (including phenoxy) is 1.